The standard InChI is InChI=1S/C25H25N3O3/c1-29-24-11-17-9-19(10-18(17)12-25(24)30-2)26-14-16-3-5-20(6-4-16)31-21-7-8-22-23(13-21)28-15-27-22/h3-8,11-13,15,19,26H,9-10,14H2,1-2H3,(H,27,28). The minimum absolute atomic E-state index is 0.406. The maximum absolute atomic E-state index is 5.98. The van der Waals surface area contributed by atoms with E-state index in [4.69, 9.17) is 14.2 Å². The summed E-state index contributed by atoms with van der Waals surface area (Å²) in [4.78, 5) is 7.34. The topological polar surface area (TPSA) is 68.4 Å². The lowest BCUT2D eigenvalue weighted by atomic mass is 10.1. The van der Waals surface area contributed by atoms with Crippen LogP contribution in [0.5, 0.6) is 23.0 Å². The van der Waals surface area contributed by atoms with Crippen molar-refractivity contribution in [3.05, 3.63) is 77.6 Å². The van der Waals surface area contributed by atoms with Crippen LogP contribution in [0.3, 0.4) is 0 Å². The second-order valence-electron chi connectivity index (χ2n) is 7.79. The van der Waals surface area contributed by atoms with E-state index in [1.54, 1.807) is 20.5 Å². The molecule has 0 unspecified atom stereocenters. The number of rotatable bonds is 7. The highest BCUT2D eigenvalue weighted by Crippen LogP contribution is 2.35. The average molecular weight is 415 g/mol. The molecule has 1 aliphatic carbocycles. The molecule has 1 aliphatic rings. The molecule has 158 valence electrons. The van der Waals surface area contributed by atoms with Gasteiger partial charge in [-0.1, -0.05) is 12.1 Å². The SMILES string of the molecule is COc1cc2c(cc1OC)CC(NCc1ccc(Oc3ccc4nc[nH]c4c3)cc1)C2. The van der Waals surface area contributed by atoms with Gasteiger partial charge in [-0.2, -0.15) is 0 Å². The monoisotopic (exact) mass is 415 g/mol. The smallest absolute Gasteiger partial charge is 0.161 e. The van der Waals surface area contributed by atoms with E-state index < -0.39 is 0 Å². The van der Waals surface area contributed by atoms with Gasteiger partial charge in [0.05, 0.1) is 31.6 Å². The quantitative estimate of drug-likeness (QED) is 0.461. The zero-order valence-corrected chi connectivity index (χ0v) is 17.6. The molecule has 0 saturated carbocycles. The zero-order valence-electron chi connectivity index (χ0n) is 17.6. The third-order valence-corrected chi connectivity index (χ3v) is 5.78. The van der Waals surface area contributed by atoms with E-state index in [1.165, 1.54) is 16.7 Å². The molecule has 6 nitrogen and oxygen atoms in total. The van der Waals surface area contributed by atoms with Gasteiger partial charge in [0, 0.05) is 18.7 Å². The van der Waals surface area contributed by atoms with Crippen LogP contribution in [0.4, 0.5) is 0 Å². The van der Waals surface area contributed by atoms with Crippen molar-refractivity contribution < 1.29 is 14.2 Å². The fourth-order valence-corrected chi connectivity index (χ4v) is 4.14. The number of aromatic amines is 1. The van der Waals surface area contributed by atoms with E-state index in [1.807, 2.05) is 30.3 Å². The highest BCUT2D eigenvalue weighted by molar-refractivity contribution is 5.76. The molecule has 31 heavy (non-hydrogen) atoms. The van der Waals surface area contributed by atoms with Gasteiger partial charge >= 0.3 is 0 Å². The summed E-state index contributed by atoms with van der Waals surface area (Å²) in [7, 11) is 3.36. The minimum Gasteiger partial charge on any atom is -0.493 e. The van der Waals surface area contributed by atoms with Gasteiger partial charge < -0.3 is 24.5 Å². The van der Waals surface area contributed by atoms with Gasteiger partial charge in [0.15, 0.2) is 11.5 Å². The number of benzene rings is 3. The van der Waals surface area contributed by atoms with Gasteiger partial charge in [-0.05, 0) is 65.9 Å². The third kappa shape index (κ3) is 4.07. The summed E-state index contributed by atoms with van der Waals surface area (Å²) in [6.45, 7) is 0.813. The Kier molecular flexibility index (Phi) is 5.22. The van der Waals surface area contributed by atoms with E-state index in [-0.39, 0.29) is 0 Å². The average Bonchev–Trinajstić information content (AvgIpc) is 3.43. The Morgan fingerprint density at radius 3 is 2.26 bits per heavy atom. The largest absolute Gasteiger partial charge is 0.493 e. The molecule has 1 heterocycles. The van der Waals surface area contributed by atoms with Crippen molar-refractivity contribution >= 4 is 11.0 Å². The lowest BCUT2D eigenvalue weighted by Crippen LogP contribution is -2.28. The lowest BCUT2D eigenvalue weighted by Gasteiger charge is -2.12. The normalized spacial score (nSPS) is 13.4. The number of methoxy groups -OCH3 is 2. The number of nitrogens with one attached hydrogen (secondary N) is 2. The Morgan fingerprint density at radius 1 is 0.903 bits per heavy atom. The molecule has 0 bridgehead atoms. The molecule has 2 N–H and O–H groups in total. The maximum Gasteiger partial charge on any atom is 0.161 e. The Bertz CT molecular complexity index is 1170. The predicted molar refractivity (Wildman–Crippen MR) is 120 cm³/mol. The fourth-order valence-electron chi connectivity index (χ4n) is 4.14. The molecule has 0 saturated heterocycles. The summed E-state index contributed by atoms with van der Waals surface area (Å²) in [5, 5.41) is 3.67. The number of nitrogens with zero attached hydrogens (tertiary/aromatic N) is 1. The first-order valence-corrected chi connectivity index (χ1v) is 10.4. The molecule has 0 atom stereocenters. The minimum atomic E-state index is 0.406. The highest BCUT2D eigenvalue weighted by atomic mass is 16.5. The molecular formula is C25H25N3O3. The van der Waals surface area contributed by atoms with Crippen LogP contribution in [0.1, 0.15) is 16.7 Å². The van der Waals surface area contributed by atoms with E-state index in [0.717, 1.165) is 53.4 Å². The summed E-state index contributed by atoms with van der Waals surface area (Å²) in [6, 6.07) is 18.7. The van der Waals surface area contributed by atoms with Gasteiger partial charge in [0.25, 0.3) is 0 Å². The summed E-state index contributed by atoms with van der Waals surface area (Å²) in [5.41, 5.74) is 5.77. The van der Waals surface area contributed by atoms with Crippen LogP contribution in [-0.2, 0) is 19.4 Å². The van der Waals surface area contributed by atoms with Crippen LogP contribution in [0.2, 0.25) is 0 Å². The van der Waals surface area contributed by atoms with Crippen LogP contribution in [0, 0.1) is 0 Å². The number of H-pyrrole nitrogens is 1. The van der Waals surface area contributed by atoms with E-state index in [9.17, 15) is 0 Å². The van der Waals surface area contributed by atoms with Gasteiger partial charge in [-0.15, -0.1) is 0 Å². The van der Waals surface area contributed by atoms with Crippen LogP contribution in [-0.4, -0.2) is 30.2 Å². The second-order valence-corrected chi connectivity index (χ2v) is 7.79. The molecule has 0 fully saturated rings. The van der Waals surface area contributed by atoms with E-state index in [0.29, 0.717) is 6.04 Å². The van der Waals surface area contributed by atoms with Crippen molar-refractivity contribution in [2.24, 2.45) is 0 Å². The number of aromatic nitrogens is 2. The van der Waals surface area contributed by atoms with Crippen molar-refractivity contribution in [1.82, 2.24) is 15.3 Å². The number of hydrogen-bond donors (Lipinski definition) is 2. The van der Waals surface area contributed by atoms with Gasteiger partial charge in [-0.25, -0.2) is 4.98 Å². The Labute approximate surface area is 181 Å². The number of hydrogen-bond acceptors (Lipinski definition) is 5. The molecule has 4 aromatic rings. The number of imidazole rings is 1. The van der Waals surface area contributed by atoms with Crippen molar-refractivity contribution in [3.63, 3.8) is 0 Å². The van der Waals surface area contributed by atoms with Crippen molar-refractivity contribution in [2.75, 3.05) is 14.2 Å². The van der Waals surface area contributed by atoms with Crippen molar-refractivity contribution in [3.8, 4) is 23.0 Å². The summed E-state index contributed by atoms with van der Waals surface area (Å²) in [5.74, 6) is 3.20. The summed E-state index contributed by atoms with van der Waals surface area (Å²) in [6.07, 6.45) is 3.67. The molecule has 0 spiro atoms. The first-order chi connectivity index (χ1) is 15.2. The molecule has 5 rings (SSSR count). The Morgan fingerprint density at radius 2 is 1.58 bits per heavy atom. The molecule has 3 aromatic carbocycles. The van der Waals surface area contributed by atoms with Crippen LogP contribution >= 0.6 is 0 Å². The lowest BCUT2D eigenvalue weighted by molar-refractivity contribution is 0.354. The number of fused-ring (bicyclic) bond motifs is 2. The van der Waals surface area contributed by atoms with Crippen LogP contribution in [0.15, 0.2) is 60.9 Å². The number of ether oxygens (including phenoxy) is 3. The molecule has 1 aromatic heterocycles. The molecule has 0 amide bonds. The summed E-state index contributed by atoms with van der Waals surface area (Å²) < 4.78 is 16.9. The molecule has 6 heteroatoms. The third-order valence-electron chi connectivity index (χ3n) is 5.78. The Hall–Kier alpha value is -3.51. The van der Waals surface area contributed by atoms with Gasteiger partial charge in [-0.3, -0.25) is 0 Å². The van der Waals surface area contributed by atoms with E-state index in [2.05, 4.69) is 39.6 Å². The fraction of sp³-hybridized carbons (Fsp3) is 0.240. The van der Waals surface area contributed by atoms with Crippen LogP contribution in [0.25, 0.3) is 11.0 Å². The highest BCUT2D eigenvalue weighted by Gasteiger charge is 2.23. The molecule has 0 aliphatic heterocycles. The Balaban J connectivity index is 1.18. The first kappa shape index (κ1) is 19.5. The molecular weight excluding hydrogens is 390 g/mol. The second kappa shape index (κ2) is 8.32. The van der Waals surface area contributed by atoms with Gasteiger partial charge in [0.1, 0.15) is 11.5 Å². The van der Waals surface area contributed by atoms with Crippen LogP contribution < -0.4 is 19.5 Å². The van der Waals surface area contributed by atoms with E-state index >= 15 is 0 Å². The first-order valence-electron chi connectivity index (χ1n) is 10.4. The summed E-state index contributed by atoms with van der Waals surface area (Å²) >= 11 is 0. The molecule has 0 radical (unpaired) electrons. The maximum atomic E-state index is 5.98. The predicted octanol–water partition coefficient (Wildman–Crippen LogP) is 4.63. The van der Waals surface area contributed by atoms with Crippen molar-refractivity contribution in [1.29, 1.82) is 0 Å². The van der Waals surface area contributed by atoms with Crippen molar-refractivity contribution in [2.45, 2.75) is 25.4 Å². The van der Waals surface area contributed by atoms with Gasteiger partial charge in [0.2, 0.25) is 0 Å². The zero-order chi connectivity index (χ0) is 21.2.